The van der Waals surface area contributed by atoms with Crippen molar-refractivity contribution in [2.45, 2.75) is 50.3 Å². The summed E-state index contributed by atoms with van der Waals surface area (Å²) in [7, 11) is 1.32. The van der Waals surface area contributed by atoms with E-state index in [0.29, 0.717) is 18.2 Å². The summed E-state index contributed by atoms with van der Waals surface area (Å²) in [5.74, 6) is -1.40. The van der Waals surface area contributed by atoms with Gasteiger partial charge in [-0.05, 0) is 70.6 Å². The molecule has 13 heteroatoms. The SMILES string of the molecule is COc1ccc(C(C)C)cc1-c1ccc(C(F)(F)F)cc1C(c1cc(C(F)(F)F)cc(C(F)(F)F)c1)C1CNC(=O)N1. The second-order valence-corrected chi connectivity index (χ2v) is 10.2. The van der Waals surface area contributed by atoms with E-state index in [1.54, 1.807) is 18.2 Å². The van der Waals surface area contributed by atoms with Gasteiger partial charge in [0, 0.05) is 18.0 Å². The Hall–Kier alpha value is -3.90. The molecule has 2 N–H and O–H groups in total. The maximum Gasteiger partial charge on any atom is 0.416 e. The van der Waals surface area contributed by atoms with E-state index < -0.39 is 58.8 Å². The van der Waals surface area contributed by atoms with Crippen LogP contribution < -0.4 is 15.4 Å². The molecule has 42 heavy (non-hydrogen) atoms. The fourth-order valence-corrected chi connectivity index (χ4v) is 5.00. The van der Waals surface area contributed by atoms with E-state index in [1.807, 2.05) is 13.8 Å². The summed E-state index contributed by atoms with van der Waals surface area (Å²) in [6.45, 7) is 3.45. The van der Waals surface area contributed by atoms with Crippen molar-refractivity contribution in [2.24, 2.45) is 0 Å². The third-order valence-corrected chi connectivity index (χ3v) is 7.06. The second kappa shape index (κ2) is 11.1. The molecule has 1 aliphatic heterocycles. The highest BCUT2D eigenvalue weighted by Crippen LogP contribution is 2.45. The summed E-state index contributed by atoms with van der Waals surface area (Å²) in [6.07, 6.45) is -15.3. The molecular weight excluding hydrogens is 579 g/mol. The molecule has 0 radical (unpaired) electrons. The van der Waals surface area contributed by atoms with E-state index in [2.05, 4.69) is 10.6 Å². The van der Waals surface area contributed by atoms with Crippen molar-refractivity contribution >= 4 is 6.03 Å². The number of methoxy groups -OCH3 is 1. The van der Waals surface area contributed by atoms with Crippen molar-refractivity contribution in [3.63, 3.8) is 0 Å². The van der Waals surface area contributed by atoms with Gasteiger partial charge in [-0.25, -0.2) is 4.79 Å². The molecule has 1 fully saturated rings. The molecule has 0 aliphatic carbocycles. The normalized spacial score (nSPS) is 16.8. The first kappa shape index (κ1) is 31.0. The summed E-state index contributed by atoms with van der Waals surface area (Å²) in [6, 6.07) is 6.42. The maximum absolute atomic E-state index is 14.0. The lowest BCUT2D eigenvalue weighted by Crippen LogP contribution is -2.34. The molecule has 0 spiro atoms. The molecule has 1 saturated heterocycles. The van der Waals surface area contributed by atoms with E-state index in [0.717, 1.165) is 17.7 Å². The summed E-state index contributed by atoms with van der Waals surface area (Å²) < 4.78 is 130. The van der Waals surface area contributed by atoms with Gasteiger partial charge in [0.15, 0.2) is 0 Å². The Bertz CT molecular complexity index is 1450. The van der Waals surface area contributed by atoms with Gasteiger partial charge < -0.3 is 15.4 Å². The fourth-order valence-electron chi connectivity index (χ4n) is 5.00. The highest BCUT2D eigenvalue weighted by molar-refractivity contribution is 5.79. The predicted octanol–water partition coefficient (Wildman–Crippen LogP) is 8.36. The van der Waals surface area contributed by atoms with Crippen molar-refractivity contribution in [2.75, 3.05) is 13.7 Å². The molecule has 3 aromatic rings. The van der Waals surface area contributed by atoms with Crippen LogP contribution in [0.2, 0.25) is 0 Å². The minimum absolute atomic E-state index is 0.0421. The quantitative estimate of drug-likeness (QED) is 0.278. The van der Waals surface area contributed by atoms with Crippen LogP contribution in [0.4, 0.5) is 44.3 Å². The third kappa shape index (κ3) is 6.44. The van der Waals surface area contributed by atoms with Gasteiger partial charge in [-0.3, -0.25) is 0 Å². The van der Waals surface area contributed by atoms with Crippen molar-refractivity contribution in [1.82, 2.24) is 10.6 Å². The van der Waals surface area contributed by atoms with Gasteiger partial charge in [-0.2, -0.15) is 39.5 Å². The lowest BCUT2D eigenvalue weighted by molar-refractivity contribution is -0.143. The molecule has 2 amide bonds. The van der Waals surface area contributed by atoms with Crippen molar-refractivity contribution < 1.29 is 49.0 Å². The average molecular weight is 605 g/mol. The Kier molecular flexibility index (Phi) is 8.18. The van der Waals surface area contributed by atoms with Gasteiger partial charge >= 0.3 is 24.6 Å². The zero-order valence-corrected chi connectivity index (χ0v) is 22.4. The first-order chi connectivity index (χ1) is 19.4. The van der Waals surface area contributed by atoms with E-state index in [9.17, 15) is 44.3 Å². The van der Waals surface area contributed by atoms with Gasteiger partial charge in [0.05, 0.1) is 29.8 Å². The van der Waals surface area contributed by atoms with Crippen LogP contribution in [0.5, 0.6) is 5.75 Å². The first-order valence-corrected chi connectivity index (χ1v) is 12.6. The van der Waals surface area contributed by atoms with E-state index in [1.165, 1.54) is 7.11 Å². The average Bonchev–Trinajstić information content (AvgIpc) is 3.32. The zero-order chi connectivity index (χ0) is 31.2. The molecule has 1 heterocycles. The monoisotopic (exact) mass is 604 g/mol. The Morgan fingerprint density at radius 1 is 0.738 bits per heavy atom. The zero-order valence-electron chi connectivity index (χ0n) is 22.4. The van der Waals surface area contributed by atoms with Crippen LogP contribution in [0.25, 0.3) is 11.1 Å². The van der Waals surface area contributed by atoms with Crippen LogP contribution in [0.3, 0.4) is 0 Å². The van der Waals surface area contributed by atoms with Crippen LogP contribution in [0, 0.1) is 0 Å². The van der Waals surface area contributed by atoms with Gasteiger partial charge in [0.1, 0.15) is 5.75 Å². The number of carbonyl (C=O) groups is 1. The largest absolute Gasteiger partial charge is 0.496 e. The van der Waals surface area contributed by atoms with Crippen LogP contribution in [0.15, 0.2) is 54.6 Å². The van der Waals surface area contributed by atoms with Gasteiger partial charge in [-0.15, -0.1) is 0 Å². The molecule has 226 valence electrons. The molecule has 2 unspecified atom stereocenters. The highest BCUT2D eigenvalue weighted by Gasteiger charge is 2.41. The maximum atomic E-state index is 14.0. The van der Waals surface area contributed by atoms with Crippen molar-refractivity contribution in [1.29, 1.82) is 0 Å². The number of alkyl halides is 9. The van der Waals surface area contributed by atoms with Crippen LogP contribution in [-0.4, -0.2) is 25.7 Å². The molecular formula is C29H25F9N2O2. The molecule has 4 nitrogen and oxygen atoms in total. The smallest absolute Gasteiger partial charge is 0.416 e. The number of benzene rings is 3. The van der Waals surface area contributed by atoms with E-state index in [-0.39, 0.29) is 41.0 Å². The summed E-state index contributed by atoms with van der Waals surface area (Å²) >= 11 is 0. The topological polar surface area (TPSA) is 50.4 Å². The molecule has 0 aromatic heterocycles. The van der Waals surface area contributed by atoms with Gasteiger partial charge in [0.2, 0.25) is 0 Å². The Morgan fingerprint density at radius 3 is 1.81 bits per heavy atom. The number of nitrogens with one attached hydrogen (secondary N) is 2. The fraction of sp³-hybridized carbons (Fsp3) is 0.345. The number of halogens is 9. The summed E-state index contributed by atoms with van der Waals surface area (Å²) in [4.78, 5) is 12.1. The lowest BCUT2D eigenvalue weighted by atomic mass is 9.79. The number of hydrogen-bond acceptors (Lipinski definition) is 2. The van der Waals surface area contributed by atoms with Crippen LogP contribution in [0.1, 0.15) is 59.1 Å². The lowest BCUT2D eigenvalue weighted by Gasteiger charge is -2.29. The van der Waals surface area contributed by atoms with Gasteiger partial charge in [-0.1, -0.05) is 26.0 Å². The summed E-state index contributed by atoms with van der Waals surface area (Å²) in [5.41, 5.74) is -4.16. The molecule has 4 rings (SSSR count). The van der Waals surface area contributed by atoms with Crippen LogP contribution in [-0.2, 0) is 18.5 Å². The predicted molar refractivity (Wildman–Crippen MR) is 136 cm³/mol. The van der Waals surface area contributed by atoms with Gasteiger partial charge in [0.25, 0.3) is 0 Å². The molecule has 3 aromatic carbocycles. The number of ether oxygens (including phenoxy) is 1. The standard InChI is InChI=1S/C29H25F9N2O2/c1-14(2)15-4-7-24(42-3)21(10-15)20-6-5-17(27(30,31)32)12-22(20)25(23-13-39-26(41)40-23)16-8-18(28(33,34)35)11-19(9-16)29(36,37)38/h4-12,14,23,25H,13H2,1-3H3,(H2,39,40,41). The molecule has 1 aliphatic rings. The number of amides is 2. The highest BCUT2D eigenvalue weighted by atomic mass is 19.4. The van der Waals surface area contributed by atoms with E-state index in [4.69, 9.17) is 4.74 Å². The number of carbonyl (C=O) groups excluding carboxylic acids is 1. The molecule has 0 saturated carbocycles. The first-order valence-electron chi connectivity index (χ1n) is 12.6. The Balaban J connectivity index is 2.11. The number of rotatable bonds is 6. The Morgan fingerprint density at radius 2 is 1.33 bits per heavy atom. The Labute approximate surface area is 234 Å². The molecule has 2 atom stereocenters. The third-order valence-electron chi connectivity index (χ3n) is 7.06. The van der Waals surface area contributed by atoms with E-state index >= 15 is 0 Å². The minimum Gasteiger partial charge on any atom is -0.496 e. The molecule has 0 bridgehead atoms. The minimum atomic E-state index is -5.21. The number of hydrogen-bond donors (Lipinski definition) is 2. The summed E-state index contributed by atoms with van der Waals surface area (Å²) in [5, 5.41) is 4.83. The van der Waals surface area contributed by atoms with Crippen molar-refractivity contribution in [3.05, 3.63) is 88.0 Å². The van der Waals surface area contributed by atoms with Crippen molar-refractivity contribution in [3.8, 4) is 16.9 Å². The number of urea groups is 1. The van der Waals surface area contributed by atoms with Crippen LogP contribution >= 0.6 is 0 Å². The second-order valence-electron chi connectivity index (χ2n) is 10.2.